The summed E-state index contributed by atoms with van der Waals surface area (Å²) in [5, 5.41) is 19.5. The van der Waals surface area contributed by atoms with E-state index in [1.54, 1.807) is 16.9 Å². The third kappa shape index (κ3) is 4.11. The molecule has 3 N–H and O–H groups in total. The molecule has 1 fully saturated rings. The number of aromatic hydroxyl groups is 1. The first-order valence-corrected chi connectivity index (χ1v) is 12.4. The average Bonchev–Trinajstić information content (AvgIpc) is 3.44. The third-order valence-electron chi connectivity index (χ3n) is 7.03. The third-order valence-corrected chi connectivity index (χ3v) is 7.03. The fourth-order valence-electron chi connectivity index (χ4n) is 4.99. The quantitative estimate of drug-likeness (QED) is 0.336. The molecule has 4 heterocycles. The number of rotatable bonds is 5. The highest BCUT2D eigenvalue weighted by Crippen LogP contribution is 2.30. The first kappa shape index (κ1) is 22.4. The molecule has 5 aromatic rings. The van der Waals surface area contributed by atoms with Crippen LogP contribution < -0.4 is 10.2 Å². The van der Waals surface area contributed by atoms with Gasteiger partial charge in [-0.05, 0) is 56.7 Å². The molecule has 0 unspecified atom stereocenters. The number of nitrogens with one attached hydrogen (secondary N) is 2. The summed E-state index contributed by atoms with van der Waals surface area (Å²) in [5.41, 5.74) is 4.60. The maximum absolute atomic E-state index is 9.91. The molecule has 9 heteroatoms. The average molecular weight is 483 g/mol. The Kier molecular flexibility index (Phi) is 5.69. The second kappa shape index (κ2) is 9.16. The minimum Gasteiger partial charge on any atom is -0.494 e. The fraction of sp³-hybridized carbons (Fsp3) is 0.296. The Bertz CT molecular complexity index is 1500. The maximum Gasteiger partial charge on any atom is 0.199 e. The van der Waals surface area contributed by atoms with Crippen molar-refractivity contribution >= 4 is 33.6 Å². The molecule has 0 saturated carbocycles. The lowest BCUT2D eigenvalue weighted by atomic mass is 10.1. The Morgan fingerprint density at radius 1 is 1.00 bits per heavy atom. The predicted molar refractivity (Wildman–Crippen MR) is 143 cm³/mol. The van der Waals surface area contributed by atoms with Gasteiger partial charge in [-0.25, -0.2) is 14.5 Å². The topological polar surface area (TPSA) is 97.6 Å². The lowest BCUT2D eigenvalue weighted by molar-refractivity contribution is 0.238. The van der Waals surface area contributed by atoms with Gasteiger partial charge in [0.1, 0.15) is 6.33 Å². The monoisotopic (exact) mass is 482 g/mol. The van der Waals surface area contributed by atoms with Crippen molar-refractivity contribution in [2.24, 2.45) is 0 Å². The summed E-state index contributed by atoms with van der Waals surface area (Å²) in [4.78, 5) is 17.0. The fourth-order valence-corrected chi connectivity index (χ4v) is 4.99. The standard InChI is InChI=1S/C27H30N8O/c1-18(2)33-10-3-11-34(13-12-33)22-7-5-21(6-8-22)32-25-26-30-17-31-35(26)24(16-28-25)19-4-9-23-20(14-19)15-29-27(23)36/h4-9,14-18,29,36H,3,10-13H2,1-2H3,(H,28,32). The highest BCUT2D eigenvalue weighted by atomic mass is 16.3. The molecule has 3 aromatic heterocycles. The van der Waals surface area contributed by atoms with Gasteiger partial charge in [-0.1, -0.05) is 6.07 Å². The molecular weight excluding hydrogens is 452 g/mol. The molecular formula is C27H30N8O. The molecule has 0 bridgehead atoms. The molecule has 184 valence electrons. The van der Waals surface area contributed by atoms with Crippen LogP contribution in [-0.4, -0.2) is 66.8 Å². The van der Waals surface area contributed by atoms with E-state index in [9.17, 15) is 5.11 Å². The van der Waals surface area contributed by atoms with E-state index in [1.807, 2.05) is 18.2 Å². The van der Waals surface area contributed by atoms with E-state index in [2.05, 4.69) is 73.3 Å². The van der Waals surface area contributed by atoms with Crippen molar-refractivity contribution in [1.82, 2.24) is 29.5 Å². The SMILES string of the molecule is CC(C)N1CCCN(c2ccc(Nc3ncc(-c4ccc5c(O)[nH]cc5c4)n4ncnc34)cc2)CC1. The lowest BCUT2D eigenvalue weighted by Crippen LogP contribution is -2.35. The number of nitrogens with zero attached hydrogens (tertiary/aromatic N) is 6. The van der Waals surface area contributed by atoms with Crippen LogP contribution in [0.5, 0.6) is 5.88 Å². The van der Waals surface area contributed by atoms with Crippen LogP contribution in [0.1, 0.15) is 20.3 Å². The largest absolute Gasteiger partial charge is 0.494 e. The summed E-state index contributed by atoms with van der Waals surface area (Å²) in [6.07, 6.45) is 6.29. The molecule has 1 saturated heterocycles. The van der Waals surface area contributed by atoms with Gasteiger partial charge < -0.3 is 20.3 Å². The van der Waals surface area contributed by atoms with E-state index >= 15 is 0 Å². The normalized spacial score (nSPS) is 15.1. The summed E-state index contributed by atoms with van der Waals surface area (Å²) in [6.45, 7) is 8.92. The van der Waals surface area contributed by atoms with Crippen molar-refractivity contribution in [3.8, 4) is 17.1 Å². The molecule has 2 aromatic carbocycles. The van der Waals surface area contributed by atoms with Crippen LogP contribution in [0.15, 0.2) is 61.2 Å². The van der Waals surface area contributed by atoms with Crippen LogP contribution in [0, 0.1) is 0 Å². The number of fused-ring (bicyclic) bond motifs is 2. The van der Waals surface area contributed by atoms with Crippen molar-refractivity contribution in [3.05, 3.63) is 61.2 Å². The zero-order valence-corrected chi connectivity index (χ0v) is 20.5. The van der Waals surface area contributed by atoms with Crippen molar-refractivity contribution in [2.45, 2.75) is 26.3 Å². The number of aromatic amines is 1. The van der Waals surface area contributed by atoms with Gasteiger partial charge in [-0.2, -0.15) is 5.10 Å². The van der Waals surface area contributed by atoms with Crippen LogP contribution in [0.3, 0.4) is 0 Å². The number of hydrogen-bond donors (Lipinski definition) is 3. The summed E-state index contributed by atoms with van der Waals surface area (Å²) in [7, 11) is 0. The summed E-state index contributed by atoms with van der Waals surface area (Å²) in [6, 6.07) is 15.0. The van der Waals surface area contributed by atoms with E-state index in [-0.39, 0.29) is 5.88 Å². The lowest BCUT2D eigenvalue weighted by Gasteiger charge is -2.26. The summed E-state index contributed by atoms with van der Waals surface area (Å²) >= 11 is 0. The van der Waals surface area contributed by atoms with Gasteiger partial charge in [0.15, 0.2) is 17.3 Å². The van der Waals surface area contributed by atoms with E-state index in [0.717, 1.165) is 53.9 Å². The van der Waals surface area contributed by atoms with Crippen LogP contribution in [-0.2, 0) is 0 Å². The van der Waals surface area contributed by atoms with Gasteiger partial charge in [0.05, 0.1) is 11.9 Å². The Balaban J connectivity index is 1.23. The number of H-pyrrole nitrogens is 1. The maximum atomic E-state index is 9.91. The smallest absolute Gasteiger partial charge is 0.199 e. The molecule has 36 heavy (non-hydrogen) atoms. The van der Waals surface area contributed by atoms with Crippen molar-refractivity contribution in [2.75, 3.05) is 36.4 Å². The molecule has 9 nitrogen and oxygen atoms in total. The number of hydrogen-bond acceptors (Lipinski definition) is 7. The van der Waals surface area contributed by atoms with Gasteiger partial charge >= 0.3 is 0 Å². The highest BCUT2D eigenvalue weighted by Gasteiger charge is 2.17. The van der Waals surface area contributed by atoms with Gasteiger partial charge in [0.2, 0.25) is 0 Å². The molecule has 1 aliphatic rings. The number of anilines is 3. The summed E-state index contributed by atoms with van der Waals surface area (Å²) in [5.74, 6) is 0.811. The van der Waals surface area contributed by atoms with Crippen molar-refractivity contribution in [1.29, 1.82) is 0 Å². The van der Waals surface area contributed by atoms with Gasteiger partial charge in [-0.15, -0.1) is 0 Å². The Hall–Kier alpha value is -4.11. The van der Waals surface area contributed by atoms with E-state index in [0.29, 0.717) is 17.5 Å². The van der Waals surface area contributed by atoms with E-state index < -0.39 is 0 Å². The second-order valence-electron chi connectivity index (χ2n) is 9.57. The molecule has 1 aliphatic heterocycles. The van der Waals surface area contributed by atoms with Crippen LogP contribution in [0.4, 0.5) is 17.2 Å². The number of aromatic nitrogens is 5. The molecule has 0 spiro atoms. The van der Waals surface area contributed by atoms with Crippen LogP contribution >= 0.6 is 0 Å². The van der Waals surface area contributed by atoms with Gasteiger partial charge in [0, 0.05) is 66.1 Å². The minimum atomic E-state index is 0.166. The summed E-state index contributed by atoms with van der Waals surface area (Å²) < 4.78 is 1.79. The first-order chi connectivity index (χ1) is 17.6. The second-order valence-corrected chi connectivity index (χ2v) is 9.57. The van der Waals surface area contributed by atoms with E-state index in [4.69, 9.17) is 0 Å². The Morgan fingerprint density at radius 3 is 2.69 bits per heavy atom. The Morgan fingerprint density at radius 2 is 1.86 bits per heavy atom. The predicted octanol–water partition coefficient (Wildman–Crippen LogP) is 4.64. The Labute approximate surface area is 209 Å². The van der Waals surface area contributed by atoms with Crippen LogP contribution in [0.25, 0.3) is 27.7 Å². The molecule has 6 rings (SSSR count). The van der Waals surface area contributed by atoms with Crippen molar-refractivity contribution < 1.29 is 5.11 Å². The van der Waals surface area contributed by atoms with Crippen LogP contribution in [0.2, 0.25) is 0 Å². The van der Waals surface area contributed by atoms with E-state index in [1.165, 1.54) is 18.4 Å². The zero-order valence-electron chi connectivity index (χ0n) is 20.5. The molecule has 0 atom stereocenters. The highest BCUT2D eigenvalue weighted by molar-refractivity contribution is 5.91. The number of benzene rings is 2. The first-order valence-electron chi connectivity index (χ1n) is 12.4. The van der Waals surface area contributed by atoms with Gasteiger partial charge in [-0.3, -0.25) is 4.90 Å². The van der Waals surface area contributed by atoms with Gasteiger partial charge in [0.25, 0.3) is 0 Å². The minimum absolute atomic E-state index is 0.166. The van der Waals surface area contributed by atoms with Crippen molar-refractivity contribution in [3.63, 3.8) is 0 Å². The zero-order chi connectivity index (χ0) is 24.6. The molecule has 0 aliphatic carbocycles. The molecule has 0 radical (unpaired) electrons. The molecule has 0 amide bonds.